The molecule has 0 spiro atoms. The largest absolute Gasteiger partial charge is 0.454 e. The van der Waals surface area contributed by atoms with Crippen LogP contribution >= 0.6 is 0 Å². The summed E-state index contributed by atoms with van der Waals surface area (Å²) in [6, 6.07) is 58.9. The van der Waals surface area contributed by atoms with Gasteiger partial charge in [-0.1, -0.05) is 103 Å². The lowest BCUT2D eigenvalue weighted by atomic mass is 9.91. The summed E-state index contributed by atoms with van der Waals surface area (Å²) in [6.07, 6.45) is 0. The van der Waals surface area contributed by atoms with E-state index >= 15 is 0 Å². The molecule has 12 aromatic rings. The number of hydrogen-bond acceptors (Lipinski definition) is 4. The molecule has 0 aliphatic heterocycles. The molecule has 0 fully saturated rings. The van der Waals surface area contributed by atoms with Crippen LogP contribution < -0.4 is 9.80 Å². The van der Waals surface area contributed by atoms with Gasteiger partial charge < -0.3 is 18.6 Å². The molecule has 2 aromatic heterocycles. The molecule has 0 atom stereocenters. The molecule has 0 N–H and O–H groups in total. The smallest absolute Gasteiger partial charge is 0.159 e. The molecule has 4 nitrogen and oxygen atoms in total. The fourth-order valence-corrected chi connectivity index (χ4v) is 8.98. The zero-order chi connectivity index (χ0) is 38.5. The van der Waals surface area contributed by atoms with Crippen molar-refractivity contribution < 1.29 is 17.6 Å². The standard InChI is InChI=1S/C52H30F2N2O2/c53-33-20-24-35(25-21-33)55(43-14-6-12-39-37-10-1-3-16-47(37)57-51(39)43)45-30-46(42-29-19-32-9-5-8-31-18-28-41(45)50(42)49(31)32)56(36-26-22-34(54)23-27-36)44-15-7-13-40-38-11-2-4-17-48(38)58-52(40)44/h1-30H. The highest BCUT2D eigenvalue weighted by Crippen LogP contribution is 2.52. The average molecular weight is 753 g/mol. The van der Waals surface area contributed by atoms with Crippen LogP contribution in [0.15, 0.2) is 191 Å². The molecule has 274 valence electrons. The summed E-state index contributed by atoms with van der Waals surface area (Å²) in [4.78, 5) is 4.34. The van der Waals surface area contributed by atoms with Gasteiger partial charge in [-0.15, -0.1) is 0 Å². The monoisotopic (exact) mass is 752 g/mol. The van der Waals surface area contributed by atoms with E-state index in [1.54, 1.807) is 24.3 Å². The van der Waals surface area contributed by atoms with Crippen LogP contribution in [0.25, 0.3) is 76.2 Å². The predicted octanol–water partition coefficient (Wildman–Crippen LogP) is 15.6. The first kappa shape index (κ1) is 32.5. The lowest BCUT2D eigenvalue weighted by Gasteiger charge is -2.32. The number of para-hydroxylation sites is 4. The molecule has 12 rings (SSSR count). The number of benzene rings is 10. The first-order valence-electron chi connectivity index (χ1n) is 19.2. The molecule has 0 unspecified atom stereocenters. The maximum atomic E-state index is 14.8. The fourth-order valence-electron chi connectivity index (χ4n) is 8.98. The van der Waals surface area contributed by atoms with Crippen molar-refractivity contribution in [1.82, 2.24) is 0 Å². The van der Waals surface area contributed by atoms with Crippen LogP contribution in [0.5, 0.6) is 0 Å². The minimum Gasteiger partial charge on any atom is -0.454 e. The second-order valence-electron chi connectivity index (χ2n) is 14.7. The third-order valence-electron chi connectivity index (χ3n) is 11.5. The number of hydrogen-bond donors (Lipinski definition) is 0. The molecule has 0 aliphatic carbocycles. The van der Waals surface area contributed by atoms with Gasteiger partial charge in [0.15, 0.2) is 11.2 Å². The first-order chi connectivity index (χ1) is 28.6. The highest BCUT2D eigenvalue weighted by Gasteiger charge is 2.28. The Kier molecular flexibility index (Phi) is 6.96. The molecule has 58 heavy (non-hydrogen) atoms. The summed E-state index contributed by atoms with van der Waals surface area (Å²) in [5, 5.41) is 10.4. The van der Waals surface area contributed by atoms with Gasteiger partial charge in [-0.3, -0.25) is 0 Å². The Bertz CT molecular complexity index is 3320. The number of rotatable bonds is 6. The quantitative estimate of drug-likeness (QED) is 0.158. The van der Waals surface area contributed by atoms with Crippen molar-refractivity contribution in [2.24, 2.45) is 0 Å². The first-order valence-corrected chi connectivity index (χ1v) is 19.2. The van der Waals surface area contributed by atoms with E-state index in [2.05, 4.69) is 94.7 Å². The summed E-state index contributed by atoms with van der Waals surface area (Å²) in [6.45, 7) is 0. The zero-order valence-electron chi connectivity index (χ0n) is 30.8. The molecular formula is C52H30F2N2O2. The van der Waals surface area contributed by atoms with E-state index in [-0.39, 0.29) is 11.6 Å². The fraction of sp³-hybridized carbons (Fsp3) is 0. The molecular weight excluding hydrogens is 723 g/mol. The van der Waals surface area contributed by atoms with Crippen LogP contribution in [0, 0.1) is 11.6 Å². The molecule has 0 aliphatic rings. The summed E-state index contributed by atoms with van der Waals surface area (Å²) >= 11 is 0. The number of furan rings is 2. The lowest BCUT2D eigenvalue weighted by Crippen LogP contribution is -2.15. The van der Waals surface area contributed by atoms with Gasteiger partial charge in [0, 0.05) is 49.1 Å². The van der Waals surface area contributed by atoms with Gasteiger partial charge in [-0.2, -0.15) is 0 Å². The Hall–Kier alpha value is -7.70. The van der Waals surface area contributed by atoms with Crippen LogP contribution in [0.1, 0.15) is 0 Å². The van der Waals surface area contributed by atoms with Crippen LogP contribution in [0.3, 0.4) is 0 Å². The van der Waals surface area contributed by atoms with Crippen molar-refractivity contribution in [2.45, 2.75) is 0 Å². The molecule has 0 saturated heterocycles. The molecule has 6 heteroatoms. The average Bonchev–Trinajstić information content (AvgIpc) is 3.84. The van der Waals surface area contributed by atoms with E-state index in [0.717, 1.165) is 99.2 Å². The third-order valence-corrected chi connectivity index (χ3v) is 11.5. The van der Waals surface area contributed by atoms with E-state index in [0.29, 0.717) is 11.2 Å². The van der Waals surface area contributed by atoms with Crippen LogP contribution in [0.2, 0.25) is 0 Å². The normalized spacial score (nSPS) is 12.0. The predicted molar refractivity (Wildman–Crippen MR) is 234 cm³/mol. The minimum atomic E-state index is -0.330. The molecule has 2 heterocycles. The molecule has 0 radical (unpaired) electrons. The Morgan fingerprint density at radius 2 is 0.759 bits per heavy atom. The van der Waals surface area contributed by atoms with Gasteiger partial charge in [-0.25, -0.2) is 8.78 Å². The highest BCUT2D eigenvalue weighted by molar-refractivity contribution is 6.29. The van der Waals surface area contributed by atoms with E-state index in [1.807, 2.05) is 48.5 Å². The van der Waals surface area contributed by atoms with Crippen LogP contribution in [-0.4, -0.2) is 0 Å². The Labute approximate surface area is 330 Å². The van der Waals surface area contributed by atoms with Crippen LogP contribution in [-0.2, 0) is 0 Å². The number of halogens is 2. The molecule has 10 aromatic carbocycles. The minimum absolute atomic E-state index is 0.330. The highest BCUT2D eigenvalue weighted by atomic mass is 19.1. The van der Waals surface area contributed by atoms with Gasteiger partial charge in [0.2, 0.25) is 0 Å². The Morgan fingerprint density at radius 1 is 0.328 bits per heavy atom. The van der Waals surface area contributed by atoms with E-state index in [1.165, 1.54) is 24.3 Å². The number of nitrogens with zero attached hydrogens (tertiary/aromatic N) is 2. The van der Waals surface area contributed by atoms with Gasteiger partial charge in [0.1, 0.15) is 22.8 Å². The Balaban J connectivity index is 1.24. The number of fused-ring (bicyclic) bond motifs is 6. The summed E-state index contributed by atoms with van der Waals surface area (Å²) < 4.78 is 42.9. The molecule has 0 amide bonds. The SMILES string of the molecule is Fc1ccc(N(c2cc(N(c3ccc(F)cc3)c3cccc4c3oc3ccccc34)c3ccc4cccc5ccc2c3c54)c2cccc3c2oc2ccccc23)cc1. The van der Waals surface area contributed by atoms with Crippen molar-refractivity contribution in [3.05, 3.63) is 194 Å². The lowest BCUT2D eigenvalue weighted by molar-refractivity contribution is 0.627. The van der Waals surface area contributed by atoms with Crippen molar-refractivity contribution in [3.8, 4) is 0 Å². The van der Waals surface area contributed by atoms with E-state index < -0.39 is 0 Å². The van der Waals surface area contributed by atoms with E-state index in [9.17, 15) is 8.78 Å². The van der Waals surface area contributed by atoms with Crippen molar-refractivity contribution in [3.63, 3.8) is 0 Å². The van der Waals surface area contributed by atoms with Crippen molar-refractivity contribution in [1.29, 1.82) is 0 Å². The topological polar surface area (TPSA) is 32.8 Å². The third kappa shape index (κ3) is 4.78. The second-order valence-corrected chi connectivity index (χ2v) is 14.7. The van der Waals surface area contributed by atoms with Gasteiger partial charge in [-0.05, 0) is 95.0 Å². The molecule has 0 bridgehead atoms. The summed E-state index contributed by atoms with van der Waals surface area (Å²) in [5.74, 6) is -0.661. The summed E-state index contributed by atoms with van der Waals surface area (Å²) in [7, 11) is 0. The van der Waals surface area contributed by atoms with Gasteiger partial charge >= 0.3 is 0 Å². The maximum Gasteiger partial charge on any atom is 0.159 e. The van der Waals surface area contributed by atoms with Crippen molar-refractivity contribution >= 4 is 110 Å². The van der Waals surface area contributed by atoms with Gasteiger partial charge in [0.05, 0.1) is 22.7 Å². The number of anilines is 6. The Morgan fingerprint density at radius 3 is 1.24 bits per heavy atom. The van der Waals surface area contributed by atoms with Gasteiger partial charge in [0.25, 0.3) is 0 Å². The maximum absolute atomic E-state index is 14.8. The van der Waals surface area contributed by atoms with Crippen LogP contribution in [0.4, 0.5) is 42.9 Å². The zero-order valence-corrected chi connectivity index (χ0v) is 30.8. The molecule has 0 saturated carbocycles. The van der Waals surface area contributed by atoms with E-state index in [4.69, 9.17) is 8.83 Å². The second kappa shape index (κ2) is 12.4. The van der Waals surface area contributed by atoms with Crippen molar-refractivity contribution in [2.75, 3.05) is 9.80 Å². The summed E-state index contributed by atoms with van der Waals surface area (Å²) in [5.41, 5.74) is 7.79.